The summed E-state index contributed by atoms with van der Waals surface area (Å²) in [7, 11) is 2.37. The van der Waals surface area contributed by atoms with Crippen LogP contribution in [0.4, 0.5) is 0 Å². The maximum atomic E-state index is 14.0. The number of hydrogen-bond acceptors (Lipinski definition) is 12. The Morgan fingerprint density at radius 2 is 1.61 bits per heavy atom. The fraction of sp³-hybridized carbons (Fsp3) is 0.541. The molecular formula is C37H52N10O10S2. The Morgan fingerprint density at radius 1 is 0.898 bits per heavy atom. The Morgan fingerprint density at radius 3 is 2.32 bits per heavy atom. The zero-order chi connectivity index (χ0) is 43.1. The van der Waals surface area contributed by atoms with Crippen LogP contribution in [-0.4, -0.2) is 143 Å². The van der Waals surface area contributed by atoms with E-state index in [-0.39, 0.29) is 49.3 Å². The lowest BCUT2D eigenvalue weighted by Gasteiger charge is -2.32. The first kappa shape index (κ1) is 46.3. The molecule has 5 atom stereocenters. The molecule has 2 saturated heterocycles. The normalized spacial score (nSPS) is 24.2. The lowest BCUT2D eigenvalue weighted by atomic mass is 9.97. The molecule has 2 aromatic rings. The quantitative estimate of drug-likeness (QED) is 0.121. The molecule has 0 bridgehead atoms. The summed E-state index contributed by atoms with van der Waals surface area (Å²) in [5, 5.41) is 28.5. The summed E-state index contributed by atoms with van der Waals surface area (Å²) in [4.78, 5) is 122. The van der Waals surface area contributed by atoms with Gasteiger partial charge >= 0.3 is 5.97 Å². The highest BCUT2D eigenvalue weighted by Crippen LogP contribution is 2.23. The topological polar surface area (TPSA) is 303 Å². The highest BCUT2D eigenvalue weighted by Gasteiger charge is 2.34. The van der Waals surface area contributed by atoms with E-state index in [0.29, 0.717) is 25.9 Å². The third-order valence-corrected chi connectivity index (χ3v) is 12.3. The average molecular weight is 861 g/mol. The molecule has 0 spiro atoms. The number of aromatic nitrogens is 1. The number of nitrogens with one attached hydrogen (secondary N) is 8. The molecule has 0 saturated carbocycles. The Bertz CT molecular complexity index is 1870. The van der Waals surface area contributed by atoms with Crippen LogP contribution >= 0.6 is 21.6 Å². The van der Waals surface area contributed by atoms with E-state index >= 15 is 0 Å². The molecule has 0 radical (unpaired) electrons. The molecule has 2 aliphatic rings. The molecule has 22 heteroatoms. The summed E-state index contributed by atoms with van der Waals surface area (Å²) in [6, 6.07) is 0.805. The van der Waals surface area contributed by atoms with Crippen molar-refractivity contribution in [2.24, 2.45) is 11.7 Å². The van der Waals surface area contributed by atoms with E-state index in [0.717, 1.165) is 27.3 Å². The number of nitrogens with zero attached hydrogens (tertiary/aromatic N) is 1. The number of benzene rings is 1. The summed E-state index contributed by atoms with van der Waals surface area (Å²) >= 11 is 0. The minimum absolute atomic E-state index is 0.00949. The van der Waals surface area contributed by atoms with Crippen molar-refractivity contribution in [3.8, 4) is 0 Å². The number of hydrogen-bond donors (Lipinski definition) is 10. The number of carboxylic acids is 1. The number of fused-ring (bicyclic) bond motifs is 1. The van der Waals surface area contributed by atoms with Crippen LogP contribution in [-0.2, 0) is 49.6 Å². The van der Waals surface area contributed by atoms with Gasteiger partial charge in [0.1, 0.15) is 30.2 Å². The Hall–Kier alpha value is -5.35. The predicted molar refractivity (Wildman–Crippen MR) is 219 cm³/mol. The van der Waals surface area contributed by atoms with Gasteiger partial charge in [0.25, 0.3) is 0 Å². The first-order valence-electron chi connectivity index (χ1n) is 19.2. The molecule has 2 fully saturated rings. The van der Waals surface area contributed by atoms with Gasteiger partial charge in [-0.1, -0.05) is 39.8 Å². The van der Waals surface area contributed by atoms with Crippen LogP contribution in [0.1, 0.15) is 45.1 Å². The number of carbonyl (C=O) groups is 9. The molecule has 1 aromatic carbocycles. The molecule has 59 heavy (non-hydrogen) atoms. The molecule has 11 N–H and O–H groups in total. The number of carboxylic acid groups (broad SMARTS) is 1. The third-order valence-electron chi connectivity index (χ3n) is 9.84. The summed E-state index contributed by atoms with van der Waals surface area (Å²) in [5.74, 6) is -7.48. The van der Waals surface area contributed by atoms with Crippen LogP contribution in [0.3, 0.4) is 0 Å². The number of aliphatic carboxylic acids is 1. The number of carbonyl (C=O) groups excluding carboxylic acids is 8. The molecular weight excluding hydrogens is 809 g/mol. The monoisotopic (exact) mass is 860 g/mol. The van der Waals surface area contributed by atoms with Gasteiger partial charge in [-0.2, -0.15) is 0 Å². The zero-order valence-electron chi connectivity index (χ0n) is 32.8. The van der Waals surface area contributed by atoms with Crippen LogP contribution in [0.2, 0.25) is 0 Å². The predicted octanol–water partition coefficient (Wildman–Crippen LogP) is -2.14. The fourth-order valence-corrected chi connectivity index (χ4v) is 8.63. The number of primary amides is 1. The lowest BCUT2D eigenvalue weighted by Crippen LogP contribution is -2.59. The van der Waals surface area contributed by atoms with Crippen LogP contribution in [0, 0.1) is 5.92 Å². The van der Waals surface area contributed by atoms with Crippen molar-refractivity contribution in [3.05, 3.63) is 36.0 Å². The number of nitrogens with two attached hydrogens (primary N) is 1. The molecule has 8 amide bonds. The van der Waals surface area contributed by atoms with Crippen LogP contribution in [0.25, 0.3) is 10.9 Å². The van der Waals surface area contributed by atoms with E-state index in [2.05, 4.69) is 42.2 Å². The number of piperidine rings is 1. The smallest absolute Gasteiger partial charge is 0.305 e. The SMILES string of the molecule is C[C@@H]1NC(=O)[C@H](CC(=O)O)NC(=O)CNC(=O)C(CNC(=O)C2CCNCC2)NC(=O)CCSSCC(C(N)=O)NC(=O)[C@H](C)N(CCc2c[nH]c3ccccc23)C1=O. The van der Waals surface area contributed by atoms with E-state index in [1.54, 1.807) is 6.20 Å². The van der Waals surface area contributed by atoms with Crippen molar-refractivity contribution in [2.45, 2.75) is 76.2 Å². The lowest BCUT2D eigenvalue weighted by molar-refractivity contribution is -0.144. The van der Waals surface area contributed by atoms with E-state index < -0.39 is 90.5 Å². The van der Waals surface area contributed by atoms with Gasteiger partial charge in [-0.15, -0.1) is 0 Å². The maximum absolute atomic E-state index is 14.0. The van der Waals surface area contributed by atoms with Gasteiger partial charge in [-0.25, -0.2) is 0 Å². The average Bonchev–Trinajstić information content (AvgIpc) is 3.62. The molecule has 4 rings (SSSR count). The second kappa shape index (κ2) is 22.7. The Labute approximate surface area is 348 Å². The van der Waals surface area contributed by atoms with Crippen LogP contribution < -0.4 is 43.0 Å². The summed E-state index contributed by atoms with van der Waals surface area (Å²) in [6.45, 7) is 3.05. The minimum atomic E-state index is -1.69. The first-order valence-corrected chi connectivity index (χ1v) is 21.7. The second-order valence-corrected chi connectivity index (χ2v) is 16.8. The van der Waals surface area contributed by atoms with Crippen molar-refractivity contribution in [2.75, 3.05) is 44.2 Å². The van der Waals surface area contributed by atoms with E-state index in [9.17, 15) is 48.3 Å². The standard InChI is InChI=1S/C37H52N10O10S2/c1-20-37(57)47(13-9-23-16-40-25-6-4-3-5-24(23)25)21(2)33(53)46-28(32(38)52)19-59-58-14-10-29(48)45-27(17-41-34(54)22-7-11-39-12-8-22)35(55)42-18-30(49)44-26(15-31(50)51)36(56)43-20/h3-6,16,20-22,26-28,39-40H,7-15,17-19H2,1-2H3,(H2,38,52)(H,41,54)(H,42,55)(H,43,56)(H,44,49)(H,45,48)(H,46,53)(H,50,51)/t20-,21-,26-,27?,28?/m0/s1. The van der Waals surface area contributed by atoms with Crippen molar-refractivity contribution >= 4 is 85.7 Å². The fourth-order valence-electron chi connectivity index (χ4n) is 6.46. The molecule has 20 nitrogen and oxygen atoms in total. The van der Waals surface area contributed by atoms with Gasteiger partial charge in [-0.3, -0.25) is 43.2 Å². The van der Waals surface area contributed by atoms with Crippen molar-refractivity contribution in [1.29, 1.82) is 0 Å². The molecule has 0 aliphatic carbocycles. The molecule has 2 aliphatic heterocycles. The van der Waals surface area contributed by atoms with Crippen molar-refractivity contribution in [3.63, 3.8) is 0 Å². The first-order chi connectivity index (χ1) is 28.1. The van der Waals surface area contributed by atoms with Gasteiger partial charge in [0, 0.05) is 54.0 Å². The largest absolute Gasteiger partial charge is 0.481 e. The van der Waals surface area contributed by atoms with Crippen LogP contribution in [0.15, 0.2) is 30.5 Å². The molecule has 2 unspecified atom stereocenters. The number of rotatable bonds is 9. The number of para-hydroxylation sites is 1. The van der Waals surface area contributed by atoms with E-state index in [4.69, 9.17) is 5.73 Å². The van der Waals surface area contributed by atoms with Crippen molar-refractivity contribution < 1.29 is 48.3 Å². The summed E-state index contributed by atoms with van der Waals surface area (Å²) < 4.78 is 0. The zero-order valence-corrected chi connectivity index (χ0v) is 34.4. The van der Waals surface area contributed by atoms with Gasteiger partial charge in [0.15, 0.2) is 0 Å². The van der Waals surface area contributed by atoms with Gasteiger partial charge < -0.3 is 57.9 Å². The Balaban J connectivity index is 1.55. The van der Waals surface area contributed by atoms with Crippen molar-refractivity contribution in [1.82, 2.24) is 47.1 Å². The summed E-state index contributed by atoms with van der Waals surface area (Å²) in [6.07, 6.45) is 2.26. The van der Waals surface area contributed by atoms with E-state index in [1.807, 2.05) is 24.3 Å². The van der Waals surface area contributed by atoms with Gasteiger partial charge in [0.2, 0.25) is 47.3 Å². The third kappa shape index (κ3) is 14.2. The minimum Gasteiger partial charge on any atom is -0.481 e. The number of H-pyrrole nitrogens is 1. The van der Waals surface area contributed by atoms with Gasteiger partial charge in [-0.05, 0) is 57.8 Å². The second-order valence-electron chi connectivity index (χ2n) is 14.2. The molecule has 322 valence electrons. The van der Waals surface area contributed by atoms with Crippen LogP contribution in [0.5, 0.6) is 0 Å². The highest BCUT2D eigenvalue weighted by molar-refractivity contribution is 8.76. The van der Waals surface area contributed by atoms with E-state index in [1.165, 1.54) is 29.5 Å². The molecule has 3 heterocycles. The number of aromatic amines is 1. The Kier molecular flexibility index (Phi) is 17.8. The highest BCUT2D eigenvalue weighted by atomic mass is 33.1. The van der Waals surface area contributed by atoms with Gasteiger partial charge in [0.05, 0.1) is 13.0 Å². The molecule has 1 aromatic heterocycles. The maximum Gasteiger partial charge on any atom is 0.305 e. The number of amides is 8. The summed E-state index contributed by atoms with van der Waals surface area (Å²) in [5.41, 5.74) is 7.33.